The Balaban J connectivity index is 1.50. The molecule has 0 heterocycles. The Kier molecular flexibility index (Phi) is 10.1. The predicted octanol–water partition coefficient (Wildman–Crippen LogP) is 0.504. The number of carbonyl (C=O) groups excluding carboxylic acids is 4. The van der Waals surface area contributed by atoms with E-state index in [2.05, 4.69) is 21.3 Å². The van der Waals surface area contributed by atoms with E-state index >= 15 is 0 Å². The van der Waals surface area contributed by atoms with E-state index in [9.17, 15) is 19.2 Å². The molecular weight excluding hydrogens is 400 g/mol. The molecule has 164 valence electrons. The monoisotopic (exact) mass is 426 g/mol. The third kappa shape index (κ3) is 10.5. The van der Waals surface area contributed by atoms with Crippen molar-refractivity contribution in [1.82, 2.24) is 21.3 Å². The summed E-state index contributed by atoms with van der Waals surface area (Å²) in [5, 5.41) is 9.76. The van der Waals surface area contributed by atoms with Crippen LogP contribution in [0.1, 0.15) is 11.1 Å². The zero-order valence-electron chi connectivity index (χ0n) is 17.1. The van der Waals surface area contributed by atoms with Crippen molar-refractivity contribution in [3.63, 3.8) is 0 Å². The maximum Gasteiger partial charge on any atom is 0.407 e. The fraction of sp³-hybridized carbons (Fsp3) is 0.273. The van der Waals surface area contributed by atoms with E-state index in [1.54, 1.807) is 0 Å². The van der Waals surface area contributed by atoms with Crippen molar-refractivity contribution in [3.8, 4) is 0 Å². The van der Waals surface area contributed by atoms with E-state index in [0.29, 0.717) is 13.0 Å². The zero-order valence-corrected chi connectivity index (χ0v) is 17.1. The van der Waals surface area contributed by atoms with Crippen LogP contribution in [0.15, 0.2) is 60.7 Å². The lowest BCUT2D eigenvalue weighted by Crippen LogP contribution is -2.44. The molecule has 0 radical (unpaired) electrons. The van der Waals surface area contributed by atoms with E-state index < -0.39 is 17.9 Å². The van der Waals surface area contributed by atoms with Gasteiger partial charge in [-0.3, -0.25) is 14.4 Å². The maximum absolute atomic E-state index is 11.7. The molecular formula is C22H26N4O5. The van der Waals surface area contributed by atoms with Gasteiger partial charge in [0.05, 0.1) is 13.1 Å². The van der Waals surface area contributed by atoms with Crippen LogP contribution in [0.3, 0.4) is 0 Å². The second-order valence-electron chi connectivity index (χ2n) is 6.55. The van der Waals surface area contributed by atoms with Gasteiger partial charge in [-0.25, -0.2) is 4.79 Å². The first-order chi connectivity index (χ1) is 15.0. The van der Waals surface area contributed by atoms with Gasteiger partial charge in [0.25, 0.3) is 0 Å². The quantitative estimate of drug-likeness (QED) is 0.416. The molecule has 9 heteroatoms. The molecule has 0 fully saturated rings. The van der Waals surface area contributed by atoms with E-state index in [0.717, 1.165) is 11.1 Å². The average molecular weight is 426 g/mol. The first-order valence-electron chi connectivity index (χ1n) is 9.81. The zero-order chi connectivity index (χ0) is 22.3. The van der Waals surface area contributed by atoms with E-state index in [1.807, 2.05) is 60.7 Å². The van der Waals surface area contributed by atoms with Crippen molar-refractivity contribution in [2.45, 2.75) is 13.0 Å². The number of amides is 4. The summed E-state index contributed by atoms with van der Waals surface area (Å²) in [4.78, 5) is 46.7. The molecule has 0 saturated heterocycles. The number of benzene rings is 2. The number of ether oxygens (including phenoxy) is 1. The lowest BCUT2D eigenvalue weighted by atomic mass is 10.1. The first kappa shape index (κ1) is 23.4. The van der Waals surface area contributed by atoms with Gasteiger partial charge in [0.2, 0.25) is 17.7 Å². The summed E-state index contributed by atoms with van der Waals surface area (Å²) in [5.41, 5.74) is 1.93. The minimum Gasteiger partial charge on any atom is -0.445 e. The molecule has 2 aromatic carbocycles. The van der Waals surface area contributed by atoms with Gasteiger partial charge in [-0.1, -0.05) is 60.7 Å². The Morgan fingerprint density at radius 2 is 1.10 bits per heavy atom. The number of hydrogen-bond acceptors (Lipinski definition) is 5. The van der Waals surface area contributed by atoms with Gasteiger partial charge in [0.15, 0.2) is 0 Å². The molecule has 0 spiro atoms. The summed E-state index contributed by atoms with van der Waals surface area (Å²) in [5.74, 6) is -1.39. The second kappa shape index (κ2) is 13.4. The number of nitrogens with one attached hydrogen (secondary N) is 4. The molecule has 0 saturated carbocycles. The summed E-state index contributed by atoms with van der Waals surface area (Å²) in [7, 11) is 0. The van der Waals surface area contributed by atoms with Crippen LogP contribution in [0, 0.1) is 0 Å². The number of rotatable bonds is 11. The van der Waals surface area contributed by atoms with E-state index in [-0.39, 0.29) is 32.1 Å². The summed E-state index contributed by atoms with van der Waals surface area (Å²) in [6, 6.07) is 18.8. The van der Waals surface area contributed by atoms with Crippen LogP contribution in [0.5, 0.6) is 0 Å². The fourth-order valence-corrected chi connectivity index (χ4v) is 2.46. The fourth-order valence-electron chi connectivity index (χ4n) is 2.46. The molecule has 0 unspecified atom stereocenters. The van der Waals surface area contributed by atoms with Gasteiger partial charge in [-0.2, -0.15) is 0 Å². The Morgan fingerprint density at radius 1 is 0.613 bits per heavy atom. The standard InChI is InChI=1S/C22H26N4O5/c27-19(23-12-11-17-7-3-1-4-8-17)13-24-20(28)14-25-21(29)15-26-22(30)31-16-18-9-5-2-6-10-18/h1-10H,11-16H2,(H,23,27)(H,24,28)(H,25,29)(H,26,30). The molecule has 31 heavy (non-hydrogen) atoms. The molecule has 0 aliphatic heterocycles. The Labute approximate surface area is 180 Å². The van der Waals surface area contributed by atoms with Gasteiger partial charge in [0, 0.05) is 6.54 Å². The molecule has 4 N–H and O–H groups in total. The number of hydrogen-bond donors (Lipinski definition) is 4. The molecule has 2 aromatic rings. The number of alkyl carbamates (subject to hydrolysis) is 1. The van der Waals surface area contributed by atoms with Crippen LogP contribution >= 0.6 is 0 Å². The third-order valence-electron chi connectivity index (χ3n) is 4.08. The maximum atomic E-state index is 11.7. The molecule has 0 aromatic heterocycles. The molecule has 2 rings (SSSR count). The normalized spacial score (nSPS) is 9.94. The van der Waals surface area contributed by atoms with Gasteiger partial charge in [-0.05, 0) is 17.5 Å². The highest BCUT2D eigenvalue weighted by Gasteiger charge is 2.09. The molecule has 0 bridgehead atoms. The van der Waals surface area contributed by atoms with Crippen molar-refractivity contribution < 1.29 is 23.9 Å². The van der Waals surface area contributed by atoms with E-state index in [4.69, 9.17) is 4.74 Å². The van der Waals surface area contributed by atoms with Crippen molar-refractivity contribution in [2.75, 3.05) is 26.2 Å². The summed E-state index contributed by atoms with van der Waals surface area (Å²) in [6.07, 6.45) is -0.0483. The van der Waals surface area contributed by atoms with Crippen LogP contribution < -0.4 is 21.3 Å². The van der Waals surface area contributed by atoms with Crippen molar-refractivity contribution in [1.29, 1.82) is 0 Å². The summed E-state index contributed by atoms with van der Waals surface area (Å²) in [6.45, 7) is -0.281. The van der Waals surface area contributed by atoms with Gasteiger partial charge >= 0.3 is 6.09 Å². The van der Waals surface area contributed by atoms with Gasteiger partial charge in [-0.15, -0.1) is 0 Å². The molecule has 0 atom stereocenters. The third-order valence-corrected chi connectivity index (χ3v) is 4.08. The summed E-state index contributed by atoms with van der Waals surface area (Å²) < 4.78 is 4.98. The molecule has 0 aliphatic rings. The highest BCUT2D eigenvalue weighted by atomic mass is 16.5. The van der Waals surface area contributed by atoms with Gasteiger partial charge in [0.1, 0.15) is 13.2 Å². The van der Waals surface area contributed by atoms with Crippen molar-refractivity contribution in [2.24, 2.45) is 0 Å². The minimum absolute atomic E-state index is 0.0874. The average Bonchev–Trinajstić information content (AvgIpc) is 2.80. The van der Waals surface area contributed by atoms with Gasteiger partial charge < -0.3 is 26.0 Å². The SMILES string of the molecule is O=C(CNC(=O)CNC(=O)CNC(=O)OCc1ccccc1)NCCc1ccccc1. The first-order valence-corrected chi connectivity index (χ1v) is 9.81. The van der Waals surface area contributed by atoms with Crippen LogP contribution in [0.4, 0.5) is 4.79 Å². The molecule has 0 aliphatic carbocycles. The smallest absolute Gasteiger partial charge is 0.407 e. The number of carbonyl (C=O) groups is 4. The van der Waals surface area contributed by atoms with Crippen LogP contribution in [0.2, 0.25) is 0 Å². The van der Waals surface area contributed by atoms with Crippen molar-refractivity contribution >= 4 is 23.8 Å². The Hall–Kier alpha value is -3.88. The Morgan fingerprint density at radius 3 is 1.68 bits per heavy atom. The van der Waals surface area contributed by atoms with Crippen LogP contribution in [-0.4, -0.2) is 50.0 Å². The Bertz CT molecular complexity index is 859. The minimum atomic E-state index is -0.740. The van der Waals surface area contributed by atoms with E-state index in [1.165, 1.54) is 0 Å². The predicted molar refractivity (Wildman–Crippen MR) is 114 cm³/mol. The van der Waals surface area contributed by atoms with Crippen LogP contribution in [0.25, 0.3) is 0 Å². The molecule has 9 nitrogen and oxygen atoms in total. The topological polar surface area (TPSA) is 126 Å². The largest absolute Gasteiger partial charge is 0.445 e. The lowest BCUT2D eigenvalue weighted by molar-refractivity contribution is -0.127. The lowest BCUT2D eigenvalue weighted by Gasteiger charge is -2.09. The highest BCUT2D eigenvalue weighted by molar-refractivity contribution is 5.89. The molecule has 4 amide bonds. The second-order valence-corrected chi connectivity index (χ2v) is 6.55. The van der Waals surface area contributed by atoms with Crippen molar-refractivity contribution in [3.05, 3.63) is 71.8 Å². The highest BCUT2D eigenvalue weighted by Crippen LogP contribution is 2.00. The summed E-state index contributed by atoms with van der Waals surface area (Å²) >= 11 is 0. The van der Waals surface area contributed by atoms with Crippen LogP contribution in [-0.2, 0) is 32.1 Å².